The minimum atomic E-state index is -2.75. The summed E-state index contributed by atoms with van der Waals surface area (Å²) in [6, 6.07) is 0. The van der Waals surface area contributed by atoms with Gasteiger partial charge < -0.3 is 55.1 Å². The lowest BCUT2D eigenvalue weighted by atomic mass is 9.87. The molecular weight excluding hydrogens is 552 g/mol. The molecule has 0 amide bonds. The molecule has 0 aliphatic carbocycles. The minimum Gasteiger partial charge on any atom is -0.394 e. The molecule has 0 saturated carbocycles. The van der Waals surface area contributed by atoms with Crippen molar-refractivity contribution in [2.75, 3.05) is 19.8 Å². The van der Waals surface area contributed by atoms with Gasteiger partial charge in [0.05, 0.1) is 13.2 Å². The molecule has 9 atom stereocenters. The van der Waals surface area contributed by atoms with E-state index >= 15 is 0 Å². The maximum atomic E-state index is 13.5. The van der Waals surface area contributed by atoms with E-state index in [1.54, 1.807) is 0 Å². The van der Waals surface area contributed by atoms with Crippen LogP contribution in [0.15, 0.2) is 0 Å². The topological polar surface area (TPSA) is 207 Å². The molecule has 2 rings (SSSR count). The predicted molar refractivity (Wildman–Crippen MR) is 152 cm³/mol. The number of aliphatic hydroxyl groups excluding tert-OH is 8. The lowest BCUT2D eigenvalue weighted by Crippen LogP contribution is -2.72. The quantitative estimate of drug-likeness (QED) is 0.0804. The van der Waals surface area contributed by atoms with Gasteiger partial charge in [0, 0.05) is 6.42 Å². The minimum absolute atomic E-state index is 0.181. The number of Topliss-reactive ketones (excluding diaryl/α,β-unsaturated/α-hetero) is 1. The molecule has 0 aromatic heterocycles. The monoisotopic (exact) mass is 608 g/mol. The summed E-state index contributed by atoms with van der Waals surface area (Å²) >= 11 is 0. The summed E-state index contributed by atoms with van der Waals surface area (Å²) in [5.41, 5.74) is 0. The molecule has 2 aliphatic heterocycles. The lowest BCUT2D eigenvalue weighted by molar-refractivity contribution is -0.416. The number of hydrogen-bond donors (Lipinski definition) is 8. The molecule has 2 heterocycles. The van der Waals surface area contributed by atoms with Crippen molar-refractivity contribution < 1.29 is 59.9 Å². The third kappa shape index (κ3) is 9.61. The van der Waals surface area contributed by atoms with Gasteiger partial charge in [-0.25, -0.2) is 0 Å². The van der Waals surface area contributed by atoms with E-state index in [9.17, 15) is 45.6 Å². The molecule has 2 fully saturated rings. The Kier molecular flexibility index (Phi) is 16.8. The van der Waals surface area contributed by atoms with E-state index < -0.39 is 79.9 Å². The fraction of sp³-hybridized carbons (Fsp3) is 0.967. The number of aliphatic hydroxyl groups is 8. The Labute approximate surface area is 249 Å². The first kappa shape index (κ1) is 37.4. The predicted octanol–water partition coefficient (Wildman–Crippen LogP) is 0.805. The molecular formula is C30H56O12. The van der Waals surface area contributed by atoms with Crippen molar-refractivity contribution in [3.05, 3.63) is 0 Å². The molecule has 42 heavy (non-hydrogen) atoms. The van der Waals surface area contributed by atoms with Gasteiger partial charge in [0.15, 0.2) is 5.78 Å². The van der Waals surface area contributed by atoms with Crippen LogP contribution in [0.2, 0.25) is 0 Å². The summed E-state index contributed by atoms with van der Waals surface area (Å²) in [7, 11) is 0. The van der Waals surface area contributed by atoms with Crippen LogP contribution >= 0.6 is 0 Å². The van der Waals surface area contributed by atoms with E-state index in [2.05, 4.69) is 6.92 Å². The van der Waals surface area contributed by atoms with Gasteiger partial charge in [-0.1, -0.05) is 96.8 Å². The average molecular weight is 609 g/mol. The van der Waals surface area contributed by atoms with Crippen molar-refractivity contribution in [3.63, 3.8) is 0 Å². The SMILES string of the molecule is CCCCCCCCCCCCCCCCCC(=O)[C@@]1(OC2(CO)O[C@H](CO)[C@@H](O)[C@@H]2O)O[C@H](CO)[C@@H](O)[C@H](O)[C@H]1O. The van der Waals surface area contributed by atoms with Gasteiger partial charge in [-0.3, -0.25) is 4.79 Å². The number of carbonyl (C=O) groups is 1. The van der Waals surface area contributed by atoms with Crippen molar-refractivity contribution in [2.45, 2.75) is 164 Å². The maximum Gasteiger partial charge on any atom is 0.261 e. The Morgan fingerprint density at radius 1 is 0.619 bits per heavy atom. The fourth-order valence-corrected chi connectivity index (χ4v) is 5.85. The largest absolute Gasteiger partial charge is 0.394 e. The molecule has 0 bridgehead atoms. The van der Waals surface area contributed by atoms with Crippen LogP contribution in [-0.2, 0) is 19.0 Å². The third-order valence-electron chi connectivity index (χ3n) is 8.58. The summed E-state index contributed by atoms with van der Waals surface area (Å²) in [6.45, 7) is -0.495. The summed E-state index contributed by atoms with van der Waals surface area (Å²) in [5, 5.41) is 81.8. The highest BCUT2D eigenvalue weighted by Crippen LogP contribution is 2.42. The van der Waals surface area contributed by atoms with Gasteiger partial charge in [0.1, 0.15) is 49.3 Å². The van der Waals surface area contributed by atoms with Crippen molar-refractivity contribution in [3.8, 4) is 0 Å². The van der Waals surface area contributed by atoms with Crippen LogP contribution in [0.25, 0.3) is 0 Å². The van der Waals surface area contributed by atoms with Crippen LogP contribution in [0, 0.1) is 0 Å². The molecule has 2 aliphatic rings. The van der Waals surface area contributed by atoms with Crippen LogP contribution in [0.3, 0.4) is 0 Å². The molecule has 2 saturated heterocycles. The lowest BCUT2D eigenvalue weighted by Gasteiger charge is -2.50. The van der Waals surface area contributed by atoms with Gasteiger partial charge in [-0.05, 0) is 6.42 Å². The second-order valence-corrected chi connectivity index (χ2v) is 11.9. The Morgan fingerprint density at radius 2 is 1.07 bits per heavy atom. The Balaban J connectivity index is 1.89. The molecule has 12 nitrogen and oxygen atoms in total. The molecule has 0 aromatic carbocycles. The standard InChI is InChI=1S/C30H56O12/c1-2-3-4-5-6-7-8-9-10-11-12-13-14-15-16-17-23(34)30(28(39)26(37)24(35)21(18-31)41-30)42-29(20-33)27(38)25(36)22(19-32)40-29/h21-22,24-28,31-33,35-39H,2-20H2,1H3/t21-,22-,24-,25-,26+,27+,28-,29?,30+/m1/s1. The smallest absolute Gasteiger partial charge is 0.261 e. The van der Waals surface area contributed by atoms with Gasteiger partial charge in [-0.2, -0.15) is 0 Å². The van der Waals surface area contributed by atoms with E-state index in [0.717, 1.165) is 19.3 Å². The van der Waals surface area contributed by atoms with Gasteiger partial charge in [-0.15, -0.1) is 0 Å². The number of rotatable bonds is 22. The van der Waals surface area contributed by atoms with Crippen molar-refractivity contribution >= 4 is 5.78 Å². The van der Waals surface area contributed by atoms with Crippen LogP contribution in [0.4, 0.5) is 0 Å². The van der Waals surface area contributed by atoms with Crippen LogP contribution in [0.5, 0.6) is 0 Å². The number of hydrogen-bond acceptors (Lipinski definition) is 12. The normalized spacial score (nSPS) is 35.1. The maximum absolute atomic E-state index is 13.5. The second-order valence-electron chi connectivity index (χ2n) is 11.9. The average Bonchev–Trinajstić information content (AvgIpc) is 3.24. The highest BCUT2D eigenvalue weighted by molar-refractivity contribution is 5.87. The van der Waals surface area contributed by atoms with E-state index in [-0.39, 0.29) is 6.42 Å². The summed E-state index contributed by atoms with van der Waals surface area (Å²) < 4.78 is 16.6. The number of carbonyl (C=O) groups excluding carboxylic acids is 1. The van der Waals surface area contributed by atoms with Crippen LogP contribution in [0.1, 0.15) is 110 Å². The van der Waals surface area contributed by atoms with E-state index in [1.807, 2.05) is 0 Å². The molecule has 0 spiro atoms. The zero-order valence-electron chi connectivity index (χ0n) is 25.2. The first-order valence-electron chi connectivity index (χ1n) is 16.0. The second kappa shape index (κ2) is 18.9. The highest BCUT2D eigenvalue weighted by Gasteiger charge is 2.65. The van der Waals surface area contributed by atoms with Crippen molar-refractivity contribution in [1.29, 1.82) is 0 Å². The summed E-state index contributed by atoms with van der Waals surface area (Å²) in [4.78, 5) is 13.5. The van der Waals surface area contributed by atoms with E-state index in [0.29, 0.717) is 12.8 Å². The molecule has 0 aromatic rings. The molecule has 0 radical (unpaired) electrons. The van der Waals surface area contributed by atoms with Crippen molar-refractivity contribution in [1.82, 2.24) is 0 Å². The molecule has 248 valence electrons. The van der Waals surface area contributed by atoms with Crippen LogP contribution < -0.4 is 0 Å². The first-order valence-corrected chi connectivity index (χ1v) is 16.0. The zero-order valence-corrected chi connectivity index (χ0v) is 25.2. The van der Waals surface area contributed by atoms with E-state index in [4.69, 9.17) is 14.2 Å². The van der Waals surface area contributed by atoms with Gasteiger partial charge in [0.2, 0.25) is 5.79 Å². The van der Waals surface area contributed by atoms with Crippen molar-refractivity contribution in [2.24, 2.45) is 0 Å². The highest BCUT2D eigenvalue weighted by atomic mass is 16.8. The number of ketones is 1. The Hall–Kier alpha value is -0.770. The first-order chi connectivity index (χ1) is 20.1. The summed E-state index contributed by atoms with van der Waals surface area (Å²) in [6.07, 6.45) is 4.16. The molecule has 8 N–H and O–H groups in total. The van der Waals surface area contributed by atoms with Gasteiger partial charge >= 0.3 is 0 Å². The fourth-order valence-electron chi connectivity index (χ4n) is 5.85. The summed E-state index contributed by atoms with van der Waals surface area (Å²) in [5.74, 6) is -6.13. The van der Waals surface area contributed by atoms with E-state index in [1.165, 1.54) is 64.2 Å². The van der Waals surface area contributed by atoms with Gasteiger partial charge in [0.25, 0.3) is 5.79 Å². The number of unbranched alkanes of at least 4 members (excludes halogenated alkanes) is 14. The molecule has 1 unspecified atom stereocenters. The number of ether oxygens (including phenoxy) is 3. The Morgan fingerprint density at radius 3 is 1.50 bits per heavy atom. The third-order valence-corrected chi connectivity index (χ3v) is 8.58. The van der Waals surface area contributed by atoms with Crippen LogP contribution in [-0.4, -0.2) is 121 Å². The zero-order chi connectivity index (χ0) is 31.2. The molecule has 12 heteroatoms. The Bertz CT molecular complexity index is 754.